The molecule has 2 unspecified atom stereocenters. The SMILES string of the molecule is CCC1(C)C(=O)CC1OCCC(C)(C)C. The highest BCUT2D eigenvalue weighted by Gasteiger charge is 2.50. The smallest absolute Gasteiger partial charge is 0.143 e. The molecule has 0 amide bonds. The summed E-state index contributed by atoms with van der Waals surface area (Å²) in [6.45, 7) is 11.5. The molecule has 0 spiro atoms. The van der Waals surface area contributed by atoms with Gasteiger partial charge < -0.3 is 4.74 Å². The van der Waals surface area contributed by atoms with Gasteiger partial charge in [-0.15, -0.1) is 0 Å². The van der Waals surface area contributed by atoms with Crippen molar-refractivity contribution in [1.82, 2.24) is 0 Å². The highest BCUT2D eigenvalue weighted by molar-refractivity contribution is 5.91. The molecule has 0 aromatic heterocycles. The average molecular weight is 212 g/mol. The molecule has 0 N–H and O–H groups in total. The van der Waals surface area contributed by atoms with Crippen LogP contribution in [0.15, 0.2) is 0 Å². The van der Waals surface area contributed by atoms with Gasteiger partial charge >= 0.3 is 0 Å². The number of carbonyl (C=O) groups excluding carboxylic acids is 1. The van der Waals surface area contributed by atoms with E-state index in [1.165, 1.54) is 0 Å². The molecule has 88 valence electrons. The molecule has 2 atom stereocenters. The van der Waals surface area contributed by atoms with Crippen LogP contribution in [0.2, 0.25) is 0 Å². The molecule has 1 saturated carbocycles. The van der Waals surface area contributed by atoms with Gasteiger partial charge in [0.15, 0.2) is 0 Å². The number of hydrogen-bond acceptors (Lipinski definition) is 2. The van der Waals surface area contributed by atoms with Crippen molar-refractivity contribution < 1.29 is 9.53 Å². The average Bonchev–Trinajstić information content (AvgIpc) is 2.13. The molecule has 0 aromatic carbocycles. The Kier molecular flexibility index (Phi) is 3.59. The summed E-state index contributed by atoms with van der Waals surface area (Å²) in [6, 6.07) is 0. The number of carbonyl (C=O) groups is 1. The first-order valence-electron chi connectivity index (χ1n) is 5.94. The maximum Gasteiger partial charge on any atom is 0.143 e. The van der Waals surface area contributed by atoms with Gasteiger partial charge in [-0.1, -0.05) is 34.6 Å². The molecular weight excluding hydrogens is 188 g/mol. The van der Waals surface area contributed by atoms with Crippen LogP contribution < -0.4 is 0 Å². The van der Waals surface area contributed by atoms with Gasteiger partial charge in [0.1, 0.15) is 5.78 Å². The molecular formula is C13H24O2. The monoisotopic (exact) mass is 212 g/mol. The summed E-state index contributed by atoms with van der Waals surface area (Å²) in [7, 11) is 0. The van der Waals surface area contributed by atoms with Crippen LogP contribution in [0, 0.1) is 10.8 Å². The molecule has 0 heterocycles. The second-order valence-corrected chi connectivity index (χ2v) is 6.07. The van der Waals surface area contributed by atoms with E-state index in [4.69, 9.17) is 4.74 Å². The number of ether oxygens (including phenoxy) is 1. The number of rotatable bonds is 4. The zero-order valence-electron chi connectivity index (χ0n) is 10.7. The fourth-order valence-electron chi connectivity index (χ4n) is 1.85. The fraction of sp³-hybridized carbons (Fsp3) is 0.923. The van der Waals surface area contributed by atoms with Crippen LogP contribution in [-0.2, 0) is 9.53 Å². The van der Waals surface area contributed by atoms with E-state index in [-0.39, 0.29) is 11.5 Å². The van der Waals surface area contributed by atoms with Crippen LogP contribution >= 0.6 is 0 Å². The van der Waals surface area contributed by atoms with Crippen molar-refractivity contribution in [3.63, 3.8) is 0 Å². The Morgan fingerprint density at radius 3 is 2.47 bits per heavy atom. The van der Waals surface area contributed by atoms with Crippen molar-refractivity contribution in [1.29, 1.82) is 0 Å². The zero-order valence-corrected chi connectivity index (χ0v) is 10.7. The molecule has 1 aliphatic carbocycles. The third kappa shape index (κ3) is 2.81. The van der Waals surface area contributed by atoms with E-state index in [2.05, 4.69) is 27.7 Å². The van der Waals surface area contributed by atoms with E-state index >= 15 is 0 Å². The summed E-state index contributed by atoms with van der Waals surface area (Å²) >= 11 is 0. The molecule has 1 rings (SSSR count). The van der Waals surface area contributed by atoms with Crippen LogP contribution in [0.25, 0.3) is 0 Å². The number of hydrogen-bond donors (Lipinski definition) is 0. The fourth-order valence-corrected chi connectivity index (χ4v) is 1.85. The van der Waals surface area contributed by atoms with Crippen LogP contribution in [0.4, 0.5) is 0 Å². The largest absolute Gasteiger partial charge is 0.377 e. The minimum atomic E-state index is -0.197. The van der Waals surface area contributed by atoms with Gasteiger partial charge in [0.2, 0.25) is 0 Å². The van der Waals surface area contributed by atoms with Crippen molar-refractivity contribution in [2.45, 2.75) is 60.0 Å². The molecule has 0 aliphatic heterocycles. The Hall–Kier alpha value is -0.370. The number of Topliss-reactive ketones (excluding diaryl/α,β-unsaturated/α-hetero) is 1. The van der Waals surface area contributed by atoms with E-state index in [0.717, 1.165) is 19.4 Å². The normalized spacial score (nSPS) is 31.5. The van der Waals surface area contributed by atoms with E-state index in [9.17, 15) is 4.79 Å². The molecule has 0 aromatic rings. The van der Waals surface area contributed by atoms with Gasteiger partial charge in [-0.2, -0.15) is 0 Å². The van der Waals surface area contributed by atoms with E-state index in [1.54, 1.807) is 0 Å². The van der Waals surface area contributed by atoms with Crippen molar-refractivity contribution in [3.05, 3.63) is 0 Å². The Labute approximate surface area is 93.4 Å². The quantitative estimate of drug-likeness (QED) is 0.715. The molecule has 1 aliphatic rings. The maximum atomic E-state index is 11.5. The van der Waals surface area contributed by atoms with Gasteiger partial charge in [0, 0.05) is 13.0 Å². The van der Waals surface area contributed by atoms with Crippen molar-refractivity contribution in [3.8, 4) is 0 Å². The summed E-state index contributed by atoms with van der Waals surface area (Å²) < 4.78 is 5.81. The molecule has 0 bridgehead atoms. The molecule has 15 heavy (non-hydrogen) atoms. The van der Waals surface area contributed by atoms with Crippen LogP contribution in [0.3, 0.4) is 0 Å². The summed E-state index contributed by atoms with van der Waals surface area (Å²) in [5.74, 6) is 0.366. The lowest BCUT2D eigenvalue weighted by Crippen LogP contribution is -2.53. The Morgan fingerprint density at radius 1 is 1.47 bits per heavy atom. The Morgan fingerprint density at radius 2 is 2.07 bits per heavy atom. The molecule has 1 fully saturated rings. The third-order valence-electron chi connectivity index (χ3n) is 3.62. The summed E-state index contributed by atoms with van der Waals surface area (Å²) in [6.07, 6.45) is 2.73. The lowest BCUT2D eigenvalue weighted by Gasteiger charge is -2.44. The second-order valence-electron chi connectivity index (χ2n) is 6.07. The number of ketones is 1. The van der Waals surface area contributed by atoms with E-state index in [1.807, 2.05) is 6.92 Å². The molecule has 0 saturated heterocycles. The van der Waals surface area contributed by atoms with Crippen LogP contribution in [0.1, 0.15) is 53.9 Å². The predicted octanol–water partition coefficient (Wildman–Crippen LogP) is 3.20. The first-order chi connectivity index (χ1) is 6.79. The van der Waals surface area contributed by atoms with Gasteiger partial charge in [-0.05, 0) is 18.3 Å². The van der Waals surface area contributed by atoms with Crippen molar-refractivity contribution in [2.75, 3.05) is 6.61 Å². The maximum absolute atomic E-state index is 11.5. The highest BCUT2D eigenvalue weighted by atomic mass is 16.5. The lowest BCUT2D eigenvalue weighted by molar-refractivity contribution is -0.162. The predicted molar refractivity (Wildman–Crippen MR) is 61.8 cm³/mol. The van der Waals surface area contributed by atoms with Gasteiger partial charge in [-0.3, -0.25) is 4.79 Å². The summed E-state index contributed by atoms with van der Waals surface area (Å²) in [5, 5.41) is 0. The lowest BCUT2D eigenvalue weighted by atomic mass is 9.64. The van der Waals surface area contributed by atoms with Gasteiger partial charge in [-0.25, -0.2) is 0 Å². The Balaban J connectivity index is 2.33. The van der Waals surface area contributed by atoms with Gasteiger partial charge in [0.05, 0.1) is 11.5 Å². The third-order valence-corrected chi connectivity index (χ3v) is 3.62. The first kappa shape index (κ1) is 12.7. The van der Waals surface area contributed by atoms with Crippen molar-refractivity contribution >= 4 is 5.78 Å². The molecule has 2 heteroatoms. The summed E-state index contributed by atoms with van der Waals surface area (Å²) in [5.41, 5.74) is 0.119. The first-order valence-corrected chi connectivity index (χ1v) is 5.94. The standard InChI is InChI=1S/C13H24O2/c1-6-13(5)10(14)9-11(13)15-8-7-12(2,3)4/h11H,6-9H2,1-5H3. The minimum absolute atomic E-state index is 0.164. The van der Waals surface area contributed by atoms with Crippen LogP contribution in [-0.4, -0.2) is 18.5 Å². The summed E-state index contributed by atoms with van der Waals surface area (Å²) in [4.78, 5) is 11.5. The highest BCUT2D eigenvalue weighted by Crippen LogP contribution is 2.42. The van der Waals surface area contributed by atoms with Crippen LogP contribution in [0.5, 0.6) is 0 Å². The van der Waals surface area contributed by atoms with Crippen molar-refractivity contribution in [2.24, 2.45) is 10.8 Å². The minimum Gasteiger partial charge on any atom is -0.377 e. The Bertz CT molecular complexity index is 239. The molecule has 2 nitrogen and oxygen atoms in total. The topological polar surface area (TPSA) is 26.3 Å². The van der Waals surface area contributed by atoms with E-state index in [0.29, 0.717) is 17.6 Å². The second kappa shape index (κ2) is 4.25. The zero-order chi connectivity index (χ0) is 11.7. The van der Waals surface area contributed by atoms with Gasteiger partial charge in [0.25, 0.3) is 0 Å². The van der Waals surface area contributed by atoms with E-state index < -0.39 is 0 Å². The molecule has 0 radical (unpaired) electrons.